The first-order valence-corrected chi connectivity index (χ1v) is 7.45. The average molecular weight is 302 g/mol. The fraction of sp³-hybridized carbons (Fsp3) is 0.429. The van der Waals surface area contributed by atoms with Crippen molar-refractivity contribution in [1.29, 1.82) is 0 Å². The number of nitrogens with two attached hydrogens (primary N) is 1. The van der Waals surface area contributed by atoms with E-state index in [9.17, 15) is 0 Å². The third kappa shape index (κ3) is 2.87. The van der Waals surface area contributed by atoms with Crippen molar-refractivity contribution in [3.8, 4) is 0 Å². The van der Waals surface area contributed by atoms with Gasteiger partial charge in [0.05, 0.1) is 12.1 Å². The zero-order valence-corrected chi connectivity index (χ0v) is 12.8. The van der Waals surface area contributed by atoms with Crippen LogP contribution in [-0.4, -0.2) is 24.7 Å². The van der Waals surface area contributed by atoms with Crippen LogP contribution in [0, 0.1) is 0 Å². The summed E-state index contributed by atoms with van der Waals surface area (Å²) in [7, 11) is 1.91. The number of aryl methyl sites for hydroxylation is 3. The van der Waals surface area contributed by atoms with Crippen LogP contribution in [0.5, 0.6) is 0 Å². The van der Waals surface area contributed by atoms with Gasteiger partial charge in [0, 0.05) is 12.7 Å². The van der Waals surface area contributed by atoms with Gasteiger partial charge in [0.25, 0.3) is 0 Å². The van der Waals surface area contributed by atoms with Crippen molar-refractivity contribution in [3.05, 3.63) is 35.0 Å². The van der Waals surface area contributed by atoms with Crippen molar-refractivity contribution in [2.24, 2.45) is 12.8 Å². The molecule has 0 unspecified atom stereocenters. The highest BCUT2D eigenvalue weighted by Crippen LogP contribution is 2.25. The van der Waals surface area contributed by atoms with Gasteiger partial charge in [-0.05, 0) is 37.3 Å². The summed E-state index contributed by atoms with van der Waals surface area (Å²) in [5, 5.41) is 11.2. The highest BCUT2D eigenvalue weighted by atomic mass is 32.1. The zero-order chi connectivity index (χ0) is 14.8. The Hall–Kier alpha value is -2.02. The molecule has 3 N–H and O–H groups in total. The Bertz CT molecular complexity index is 678. The lowest BCUT2D eigenvalue weighted by Gasteiger charge is -2.19. The molecule has 0 aromatic carbocycles. The number of fused-ring (bicyclic) bond motifs is 1. The van der Waals surface area contributed by atoms with Gasteiger partial charge in [-0.1, -0.05) is 12.2 Å². The largest absolute Gasteiger partial charge is 0.389 e. The number of anilines is 1. The SMILES string of the molecule is Cn1cnnc1CNc1nc2c(cc1C(N)=S)CCCC2. The minimum absolute atomic E-state index is 0.372. The molecule has 0 saturated carbocycles. The molecule has 7 heteroatoms. The zero-order valence-electron chi connectivity index (χ0n) is 12.0. The van der Waals surface area contributed by atoms with E-state index < -0.39 is 0 Å². The third-order valence-electron chi connectivity index (χ3n) is 3.79. The standard InChI is InChI=1S/C14H18N6S/c1-20-8-17-19-12(20)7-16-14-10(13(15)21)6-9-4-2-3-5-11(9)18-14/h6,8H,2-5,7H2,1H3,(H2,15,21)(H,16,18). The van der Waals surface area contributed by atoms with E-state index in [2.05, 4.69) is 21.6 Å². The second-order valence-corrected chi connectivity index (χ2v) is 5.71. The van der Waals surface area contributed by atoms with Crippen LogP contribution in [0.3, 0.4) is 0 Å². The molecule has 1 aliphatic carbocycles. The molecule has 0 bridgehead atoms. The molecule has 21 heavy (non-hydrogen) atoms. The Morgan fingerprint density at radius 1 is 1.43 bits per heavy atom. The van der Waals surface area contributed by atoms with Crippen LogP contribution < -0.4 is 11.1 Å². The van der Waals surface area contributed by atoms with Gasteiger partial charge < -0.3 is 15.6 Å². The van der Waals surface area contributed by atoms with Crippen LogP contribution in [0.4, 0.5) is 5.82 Å². The molecule has 0 aliphatic heterocycles. The van der Waals surface area contributed by atoms with E-state index in [0.29, 0.717) is 11.5 Å². The number of hydrogen-bond acceptors (Lipinski definition) is 5. The van der Waals surface area contributed by atoms with Crippen molar-refractivity contribution in [2.45, 2.75) is 32.2 Å². The van der Waals surface area contributed by atoms with E-state index >= 15 is 0 Å². The molecule has 0 spiro atoms. The van der Waals surface area contributed by atoms with Crippen molar-refractivity contribution in [3.63, 3.8) is 0 Å². The Morgan fingerprint density at radius 2 is 2.24 bits per heavy atom. The Kier molecular flexibility index (Phi) is 3.83. The Morgan fingerprint density at radius 3 is 2.95 bits per heavy atom. The quantitative estimate of drug-likeness (QED) is 0.829. The summed E-state index contributed by atoms with van der Waals surface area (Å²) in [6.07, 6.45) is 6.14. The van der Waals surface area contributed by atoms with Crippen LogP contribution >= 0.6 is 12.2 Å². The number of rotatable bonds is 4. The van der Waals surface area contributed by atoms with Crippen molar-refractivity contribution in [2.75, 3.05) is 5.32 Å². The summed E-state index contributed by atoms with van der Waals surface area (Å²) in [6.45, 7) is 0.540. The summed E-state index contributed by atoms with van der Waals surface area (Å²) in [5.41, 5.74) is 9.08. The molecule has 0 amide bonds. The monoisotopic (exact) mass is 302 g/mol. The van der Waals surface area contributed by atoms with Gasteiger partial charge in [0.15, 0.2) is 5.82 Å². The topological polar surface area (TPSA) is 81.7 Å². The lowest BCUT2D eigenvalue weighted by molar-refractivity contribution is 0.667. The molecule has 3 rings (SSSR count). The van der Waals surface area contributed by atoms with Crippen LogP contribution in [0.1, 0.15) is 35.5 Å². The maximum atomic E-state index is 5.84. The predicted molar refractivity (Wildman–Crippen MR) is 85.1 cm³/mol. The van der Waals surface area contributed by atoms with Gasteiger partial charge in [0.1, 0.15) is 17.1 Å². The summed E-state index contributed by atoms with van der Waals surface area (Å²) in [5.74, 6) is 1.58. The first kappa shape index (κ1) is 13.9. The van der Waals surface area contributed by atoms with E-state index in [1.807, 2.05) is 11.6 Å². The van der Waals surface area contributed by atoms with E-state index in [4.69, 9.17) is 22.9 Å². The molecule has 0 fully saturated rings. The van der Waals surface area contributed by atoms with Gasteiger partial charge in [-0.3, -0.25) is 0 Å². The maximum Gasteiger partial charge on any atom is 0.151 e. The van der Waals surface area contributed by atoms with Crippen molar-refractivity contribution < 1.29 is 0 Å². The smallest absolute Gasteiger partial charge is 0.151 e. The highest BCUT2D eigenvalue weighted by molar-refractivity contribution is 7.80. The summed E-state index contributed by atoms with van der Waals surface area (Å²) in [6, 6.07) is 2.09. The number of nitrogens with zero attached hydrogens (tertiary/aromatic N) is 4. The third-order valence-corrected chi connectivity index (χ3v) is 4.01. The lowest BCUT2D eigenvalue weighted by Crippen LogP contribution is -2.18. The maximum absolute atomic E-state index is 5.84. The van der Waals surface area contributed by atoms with Crippen LogP contribution in [-0.2, 0) is 26.4 Å². The normalized spacial score (nSPS) is 13.8. The summed E-state index contributed by atoms with van der Waals surface area (Å²) >= 11 is 5.16. The average Bonchev–Trinajstić information content (AvgIpc) is 2.89. The fourth-order valence-electron chi connectivity index (χ4n) is 2.59. The molecular weight excluding hydrogens is 284 g/mol. The molecule has 2 aromatic rings. The summed E-state index contributed by atoms with van der Waals surface area (Å²) < 4.78 is 1.87. The van der Waals surface area contributed by atoms with Gasteiger partial charge in [0.2, 0.25) is 0 Å². The molecule has 0 radical (unpaired) electrons. The summed E-state index contributed by atoms with van der Waals surface area (Å²) in [4.78, 5) is 5.10. The molecule has 0 saturated heterocycles. The van der Waals surface area contributed by atoms with Crippen molar-refractivity contribution >= 4 is 23.0 Å². The second kappa shape index (κ2) is 5.77. The van der Waals surface area contributed by atoms with E-state index in [1.54, 1.807) is 6.33 Å². The number of nitrogens with one attached hydrogen (secondary N) is 1. The fourth-order valence-corrected chi connectivity index (χ4v) is 2.74. The first-order valence-electron chi connectivity index (χ1n) is 7.04. The van der Waals surface area contributed by atoms with Crippen LogP contribution in [0.15, 0.2) is 12.4 Å². The Labute approximate surface area is 128 Å². The molecule has 2 aromatic heterocycles. The van der Waals surface area contributed by atoms with E-state index in [0.717, 1.165) is 35.7 Å². The molecule has 1 aliphatic rings. The predicted octanol–water partition coefficient (Wildman–Crippen LogP) is 1.34. The van der Waals surface area contributed by atoms with Gasteiger partial charge in [-0.15, -0.1) is 10.2 Å². The minimum atomic E-state index is 0.372. The molecule has 0 atom stereocenters. The Balaban J connectivity index is 1.89. The number of pyridine rings is 1. The second-order valence-electron chi connectivity index (χ2n) is 5.27. The van der Waals surface area contributed by atoms with Gasteiger partial charge >= 0.3 is 0 Å². The number of thiocarbonyl (C=S) groups is 1. The van der Waals surface area contributed by atoms with Crippen LogP contribution in [0.2, 0.25) is 0 Å². The highest BCUT2D eigenvalue weighted by Gasteiger charge is 2.16. The molecule has 6 nitrogen and oxygen atoms in total. The minimum Gasteiger partial charge on any atom is -0.389 e. The first-order chi connectivity index (χ1) is 10.1. The van der Waals surface area contributed by atoms with Gasteiger partial charge in [-0.25, -0.2) is 4.98 Å². The number of aromatic nitrogens is 4. The van der Waals surface area contributed by atoms with Crippen LogP contribution in [0.25, 0.3) is 0 Å². The van der Waals surface area contributed by atoms with E-state index in [1.165, 1.54) is 18.4 Å². The number of hydrogen-bond donors (Lipinski definition) is 2. The molecule has 2 heterocycles. The molecular formula is C14H18N6S. The lowest BCUT2D eigenvalue weighted by atomic mass is 9.94. The van der Waals surface area contributed by atoms with Crippen molar-refractivity contribution in [1.82, 2.24) is 19.7 Å². The van der Waals surface area contributed by atoms with Gasteiger partial charge in [-0.2, -0.15) is 0 Å². The molecule has 110 valence electrons. The van der Waals surface area contributed by atoms with E-state index in [-0.39, 0.29) is 0 Å².